The maximum absolute atomic E-state index is 11.5. The lowest BCUT2D eigenvalue weighted by molar-refractivity contribution is -0.137. The van der Waals surface area contributed by atoms with Crippen molar-refractivity contribution in [2.45, 2.75) is 31.7 Å². The van der Waals surface area contributed by atoms with Crippen molar-refractivity contribution in [1.82, 2.24) is 19.7 Å². The van der Waals surface area contributed by atoms with Crippen molar-refractivity contribution in [2.75, 3.05) is 25.6 Å². The van der Waals surface area contributed by atoms with Crippen LogP contribution in [0.5, 0.6) is 11.6 Å². The van der Waals surface area contributed by atoms with Gasteiger partial charge in [0.05, 0.1) is 31.7 Å². The van der Waals surface area contributed by atoms with Crippen molar-refractivity contribution in [1.29, 1.82) is 0 Å². The van der Waals surface area contributed by atoms with Crippen LogP contribution in [0.1, 0.15) is 35.7 Å². The number of ether oxygens (including phenoxy) is 2. The monoisotopic (exact) mass is 473 g/mol. The number of aliphatic carboxylic acids is 1. The Hall–Kier alpha value is -4.14. The summed E-state index contributed by atoms with van der Waals surface area (Å²) in [7, 11) is 1.54. The highest BCUT2D eigenvalue weighted by Crippen LogP contribution is 2.27. The van der Waals surface area contributed by atoms with Crippen LogP contribution in [0.25, 0.3) is 10.9 Å². The Morgan fingerprint density at radius 1 is 1.23 bits per heavy atom. The molecule has 4 aromatic rings. The van der Waals surface area contributed by atoms with Crippen molar-refractivity contribution in [2.24, 2.45) is 0 Å². The number of benzene rings is 1. The van der Waals surface area contributed by atoms with Crippen molar-refractivity contribution >= 4 is 22.7 Å². The molecule has 0 fully saturated rings. The highest BCUT2D eigenvalue weighted by Gasteiger charge is 2.20. The first-order chi connectivity index (χ1) is 17.1. The molecular weight excluding hydrogens is 446 g/mol. The number of fused-ring (bicyclic) bond motifs is 2. The molecule has 9 nitrogen and oxygen atoms in total. The Balaban J connectivity index is 1.29. The summed E-state index contributed by atoms with van der Waals surface area (Å²) in [5.41, 5.74) is 3.74. The van der Waals surface area contributed by atoms with E-state index in [0.29, 0.717) is 24.7 Å². The average molecular weight is 474 g/mol. The molecule has 3 aromatic heterocycles. The van der Waals surface area contributed by atoms with Gasteiger partial charge in [-0.3, -0.25) is 9.48 Å². The number of nitrogens with one attached hydrogen (secondary N) is 1. The van der Waals surface area contributed by atoms with E-state index in [2.05, 4.69) is 27.5 Å². The maximum atomic E-state index is 11.5. The van der Waals surface area contributed by atoms with E-state index in [0.717, 1.165) is 47.4 Å². The third-order valence-electron chi connectivity index (χ3n) is 6.12. The van der Waals surface area contributed by atoms with Crippen LogP contribution in [0.4, 0.5) is 5.82 Å². The molecule has 0 unspecified atom stereocenters. The Morgan fingerprint density at radius 2 is 2.14 bits per heavy atom. The van der Waals surface area contributed by atoms with Crippen molar-refractivity contribution in [3.63, 3.8) is 0 Å². The summed E-state index contributed by atoms with van der Waals surface area (Å²) in [5.74, 6) is 1.25. The first kappa shape index (κ1) is 22.6. The van der Waals surface area contributed by atoms with E-state index < -0.39 is 12.0 Å². The van der Waals surface area contributed by atoms with Crippen molar-refractivity contribution in [3.05, 3.63) is 71.7 Å². The number of aryl methyl sites for hydroxylation is 1. The van der Waals surface area contributed by atoms with E-state index in [-0.39, 0.29) is 6.42 Å². The van der Waals surface area contributed by atoms with Crippen molar-refractivity contribution < 1.29 is 19.4 Å². The van der Waals surface area contributed by atoms with Gasteiger partial charge in [0, 0.05) is 48.6 Å². The van der Waals surface area contributed by atoms with Gasteiger partial charge in [0.25, 0.3) is 0 Å². The lowest BCUT2D eigenvalue weighted by Gasteiger charge is -2.17. The van der Waals surface area contributed by atoms with Gasteiger partial charge < -0.3 is 19.9 Å². The summed E-state index contributed by atoms with van der Waals surface area (Å²) in [5, 5.41) is 18.4. The molecule has 0 radical (unpaired) electrons. The van der Waals surface area contributed by atoms with Crippen LogP contribution in [0.15, 0.2) is 54.9 Å². The second-order valence-corrected chi connectivity index (χ2v) is 8.52. The third-order valence-corrected chi connectivity index (χ3v) is 6.12. The van der Waals surface area contributed by atoms with Gasteiger partial charge in [-0.05, 0) is 48.2 Å². The van der Waals surface area contributed by atoms with E-state index in [1.165, 1.54) is 12.7 Å². The minimum atomic E-state index is -0.916. The molecule has 0 spiro atoms. The number of anilines is 1. The number of rotatable bonds is 9. The minimum Gasteiger partial charge on any atom is -0.493 e. The van der Waals surface area contributed by atoms with Crippen LogP contribution in [-0.2, 0) is 17.6 Å². The number of pyridine rings is 2. The van der Waals surface area contributed by atoms with Gasteiger partial charge in [0.1, 0.15) is 11.6 Å². The van der Waals surface area contributed by atoms with Crippen LogP contribution in [0, 0.1) is 0 Å². The molecule has 0 amide bonds. The molecule has 0 saturated heterocycles. The molecule has 0 aliphatic carbocycles. The van der Waals surface area contributed by atoms with Crippen molar-refractivity contribution in [3.8, 4) is 11.6 Å². The number of carbonyl (C=O) groups is 1. The van der Waals surface area contributed by atoms with E-state index in [1.54, 1.807) is 16.9 Å². The Kier molecular flexibility index (Phi) is 6.47. The summed E-state index contributed by atoms with van der Waals surface area (Å²) in [6.45, 7) is 1.46. The number of hydrogen-bond donors (Lipinski definition) is 2. The lowest BCUT2D eigenvalue weighted by Crippen LogP contribution is -2.16. The van der Waals surface area contributed by atoms with E-state index >= 15 is 0 Å². The quantitative estimate of drug-likeness (QED) is 0.377. The van der Waals surface area contributed by atoms with E-state index in [4.69, 9.17) is 14.5 Å². The topological polar surface area (TPSA) is 111 Å². The smallest absolute Gasteiger partial charge is 0.305 e. The minimum absolute atomic E-state index is 0.117. The zero-order valence-corrected chi connectivity index (χ0v) is 19.5. The third kappa shape index (κ3) is 5.18. The predicted octanol–water partition coefficient (Wildman–Crippen LogP) is 3.88. The first-order valence-corrected chi connectivity index (χ1v) is 11.6. The number of nitrogens with zero attached hydrogens (tertiary/aromatic N) is 4. The van der Waals surface area contributed by atoms with Gasteiger partial charge in [-0.15, -0.1) is 0 Å². The number of carboxylic acid groups (broad SMARTS) is 1. The van der Waals surface area contributed by atoms with Gasteiger partial charge in [0.15, 0.2) is 0 Å². The predicted molar refractivity (Wildman–Crippen MR) is 131 cm³/mol. The highest BCUT2D eigenvalue weighted by atomic mass is 16.5. The van der Waals surface area contributed by atoms with E-state index in [1.807, 2.05) is 30.5 Å². The van der Waals surface area contributed by atoms with Crippen LogP contribution in [-0.4, -0.2) is 51.1 Å². The fourth-order valence-electron chi connectivity index (χ4n) is 4.29. The van der Waals surface area contributed by atoms with Gasteiger partial charge in [-0.1, -0.05) is 6.07 Å². The Labute approximate surface area is 202 Å². The number of carboxylic acids is 1. The number of aromatic nitrogens is 4. The van der Waals surface area contributed by atoms with Crippen LogP contribution in [0.2, 0.25) is 0 Å². The Morgan fingerprint density at radius 3 is 2.94 bits per heavy atom. The standard InChI is InChI=1S/C26H27N5O4/c1-34-24-9-6-18(15-28-24)23(14-25(32)33)31-16-19-5-8-21(13-22(19)30-31)35-12-10-20-7-4-17-3-2-11-27-26(17)29-20/h4-9,13,15-16,23H,2-3,10-12,14H2,1H3,(H,27,29)(H,32,33)/t23-/m0/s1. The molecule has 9 heteroatoms. The normalized spacial score (nSPS) is 13.6. The zero-order valence-electron chi connectivity index (χ0n) is 19.5. The second kappa shape index (κ2) is 10.0. The molecular formula is C26H27N5O4. The van der Waals surface area contributed by atoms with Crippen LogP contribution >= 0.6 is 0 Å². The SMILES string of the molecule is COc1ccc([C@H](CC(=O)O)n2cc3ccc(OCCc4ccc5c(n4)NCCC5)cc3n2)cn1. The summed E-state index contributed by atoms with van der Waals surface area (Å²) in [4.78, 5) is 20.5. The molecule has 1 aliphatic heterocycles. The summed E-state index contributed by atoms with van der Waals surface area (Å²) in [6, 6.07) is 12.9. The lowest BCUT2D eigenvalue weighted by atomic mass is 10.1. The molecule has 35 heavy (non-hydrogen) atoms. The zero-order chi connectivity index (χ0) is 24.2. The molecule has 1 aromatic carbocycles. The number of hydrogen-bond acceptors (Lipinski definition) is 7. The maximum Gasteiger partial charge on any atom is 0.305 e. The van der Waals surface area contributed by atoms with Gasteiger partial charge in [-0.25, -0.2) is 9.97 Å². The summed E-state index contributed by atoms with van der Waals surface area (Å²) < 4.78 is 12.8. The van der Waals surface area contributed by atoms with Gasteiger partial charge in [-0.2, -0.15) is 5.10 Å². The largest absolute Gasteiger partial charge is 0.493 e. The Bertz CT molecular complexity index is 1340. The molecule has 0 bridgehead atoms. The summed E-state index contributed by atoms with van der Waals surface area (Å²) in [6.07, 6.45) is 6.27. The van der Waals surface area contributed by atoms with Gasteiger partial charge >= 0.3 is 5.97 Å². The molecule has 1 aliphatic rings. The highest BCUT2D eigenvalue weighted by molar-refractivity contribution is 5.79. The fraction of sp³-hybridized carbons (Fsp3) is 0.308. The molecule has 180 valence electrons. The molecule has 1 atom stereocenters. The first-order valence-electron chi connectivity index (χ1n) is 11.6. The molecule has 0 saturated carbocycles. The molecule has 5 rings (SSSR count). The van der Waals surface area contributed by atoms with E-state index in [9.17, 15) is 9.90 Å². The molecule has 2 N–H and O–H groups in total. The second-order valence-electron chi connectivity index (χ2n) is 8.52. The summed E-state index contributed by atoms with van der Waals surface area (Å²) >= 11 is 0. The van der Waals surface area contributed by atoms with Gasteiger partial charge in [0.2, 0.25) is 5.88 Å². The molecule has 4 heterocycles. The average Bonchev–Trinajstić information content (AvgIpc) is 3.30. The fourth-order valence-corrected chi connectivity index (χ4v) is 4.29. The van der Waals surface area contributed by atoms with Crippen LogP contribution < -0.4 is 14.8 Å². The van der Waals surface area contributed by atoms with Crippen LogP contribution in [0.3, 0.4) is 0 Å². The number of methoxy groups -OCH3 is 1.